The van der Waals surface area contributed by atoms with Crippen molar-refractivity contribution in [1.29, 1.82) is 0 Å². The van der Waals surface area contributed by atoms with Gasteiger partial charge in [-0.2, -0.15) is 0 Å². The van der Waals surface area contributed by atoms with E-state index in [-0.39, 0.29) is 12.0 Å². The van der Waals surface area contributed by atoms with Gasteiger partial charge in [0.2, 0.25) is 5.91 Å². The molecule has 0 spiro atoms. The average molecular weight is 352 g/mol. The van der Waals surface area contributed by atoms with Gasteiger partial charge in [-0.1, -0.05) is 0 Å². The molecule has 0 saturated carbocycles. The third-order valence-electron chi connectivity index (χ3n) is 3.80. The van der Waals surface area contributed by atoms with E-state index in [9.17, 15) is 9.59 Å². The largest absolute Gasteiger partial charge is 0.497 e. The van der Waals surface area contributed by atoms with Crippen LogP contribution in [0.3, 0.4) is 0 Å². The molecule has 2 rings (SSSR count). The molecule has 0 atom stereocenters. The molecule has 132 valence electrons. The number of hydrogen-bond acceptors (Lipinski definition) is 5. The lowest BCUT2D eigenvalue weighted by atomic mass is 10.3. The number of rotatable bonds is 6. The predicted octanol–water partition coefficient (Wildman–Crippen LogP) is 2.48. The zero-order valence-corrected chi connectivity index (χ0v) is 15.0. The van der Waals surface area contributed by atoms with Crippen molar-refractivity contribution in [3.8, 4) is 5.75 Å². The molecule has 0 unspecified atom stereocenters. The maximum atomic E-state index is 12.2. The van der Waals surface area contributed by atoms with Crippen LogP contribution in [0.15, 0.2) is 29.2 Å². The molecule has 1 aliphatic heterocycles. The van der Waals surface area contributed by atoms with Crippen molar-refractivity contribution < 1.29 is 19.1 Å². The van der Waals surface area contributed by atoms with Crippen molar-refractivity contribution >= 4 is 23.8 Å². The molecule has 0 N–H and O–H groups in total. The van der Waals surface area contributed by atoms with Gasteiger partial charge in [-0.15, -0.1) is 11.8 Å². The van der Waals surface area contributed by atoms with Crippen LogP contribution in [0.5, 0.6) is 5.75 Å². The monoisotopic (exact) mass is 352 g/mol. The number of methoxy groups -OCH3 is 1. The fourth-order valence-corrected chi connectivity index (χ4v) is 3.28. The quantitative estimate of drug-likeness (QED) is 0.736. The Morgan fingerprint density at radius 1 is 1.08 bits per heavy atom. The lowest BCUT2D eigenvalue weighted by Crippen LogP contribution is -2.50. The molecule has 1 aliphatic rings. The second-order valence-electron chi connectivity index (χ2n) is 5.34. The van der Waals surface area contributed by atoms with Crippen molar-refractivity contribution in [2.45, 2.75) is 18.2 Å². The van der Waals surface area contributed by atoms with Gasteiger partial charge in [0.25, 0.3) is 0 Å². The molecule has 1 fully saturated rings. The molecule has 0 aliphatic carbocycles. The highest BCUT2D eigenvalue weighted by Crippen LogP contribution is 2.22. The van der Waals surface area contributed by atoms with Gasteiger partial charge in [-0.25, -0.2) is 4.79 Å². The summed E-state index contributed by atoms with van der Waals surface area (Å²) in [5, 5.41) is 0. The zero-order valence-electron chi connectivity index (χ0n) is 14.2. The smallest absolute Gasteiger partial charge is 0.409 e. The summed E-state index contributed by atoms with van der Waals surface area (Å²) in [7, 11) is 1.64. The molecule has 7 heteroatoms. The Bertz CT molecular complexity index is 542. The SMILES string of the molecule is CCOC(=O)N1CCN(C(=O)CCSc2ccc(OC)cc2)CC1. The number of hydrogen-bond donors (Lipinski definition) is 0. The molecule has 1 aromatic carbocycles. The number of piperazine rings is 1. The summed E-state index contributed by atoms with van der Waals surface area (Å²) in [4.78, 5) is 28.5. The Morgan fingerprint density at radius 2 is 1.71 bits per heavy atom. The van der Waals surface area contributed by atoms with Gasteiger partial charge in [-0.3, -0.25) is 4.79 Å². The minimum atomic E-state index is -0.292. The Morgan fingerprint density at radius 3 is 2.29 bits per heavy atom. The number of ether oxygens (including phenoxy) is 2. The summed E-state index contributed by atoms with van der Waals surface area (Å²) in [6.45, 7) is 4.39. The normalized spacial score (nSPS) is 14.4. The van der Waals surface area contributed by atoms with E-state index in [1.54, 1.807) is 30.7 Å². The van der Waals surface area contributed by atoms with E-state index >= 15 is 0 Å². The van der Waals surface area contributed by atoms with E-state index in [0.29, 0.717) is 39.2 Å². The van der Waals surface area contributed by atoms with Crippen molar-refractivity contribution in [1.82, 2.24) is 9.80 Å². The third-order valence-corrected chi connectivity index (χ3v) is 4.82. The first-order valence-corrected chi connectivity index (χ1v) is 9.09. The van der Waals surface area contributed by atoms with Crippen LogP contribution < -0.4 is 4.74 Å². The highest BCUT2D eigenvalue weighted by atomic mass is 32.2. The summed E-state index contributed by atoms with van der Waals surface area (Å²) in [6.07, 6.45) is 0.204. The van der Waals surface area contributed by atoms with Crippen LogP contribution in [-0.4, -0.2) is 67.4 Å². The molecule has 0 aromatic heterocycles. The summed E-state index contributed by atoms with van der Waals surface area (Å²) in [5.74, 6) is 1.71. The second kappa shape index (κ2) is 9.42. The molecule has 1 aromatic rings. The highest BCUT2D eigenvalue weighted by molar-refractivity contribution is 7.99. The van der Waals surface area contributed by atoms with Gasteiger partial charge < -0.3 is 19.3 Å². The van der Waals surface area contributed by atoms with E-state index in [1.807, 2.05) is 29.2 Å². The Balaban J connectivity index is 1.68. The minimum Gasteiger partial charge on any atom is -0.497 e. The van der Waals surface area contributed by atoms with Crippen LogP contribution >= 0.6 is 11.8 Å². The van der Waals surface area contributed by atoms with Gasteiger partial charge >= 0.3 is 6.09 Å². The molecule has 6 nitrogen and oxygen atoms in total. The number of thioether (sulfide) groups is 1. The van der Waals surface area contributed by atoms with Crippen LogP contribution in [0.1, 0.15) is 13.3 Å². The van der Waals surface area contributed by atoms with Crippen LogP contribution in [0.4, 0.5) is 4.79 Å². The van der Waals surface area contributed by atoms with Gasteiger partial charge in [0.15, 0.2) is 0 Å². The third kappa shape index (κ3) is 5.33. The van der Waals surface area contributed by atoms with Gasteiger partial charge in [0, 0.05) is 43.2 Å². The van der Waals surface area contributed by atoms with Crippen LogP contribution in [0.25, 0.3) is 0 Å². The molecular weight excluding hydrogens is 328 g/mol. The molecule has 0 radical (unpaired) electrons. The van der Waals surface area contributed by atoms with Gasteiger partial charge in [0.1, 0.15) is 5.75 Å². The molecule has 1 heterocycles. The van der Waals surface area contributed by atoms with E-state index < -0.39 is 0 Å². The lowest BCUT2D eigenvalue weighted by Gasteiger charge is -2.34. The second-order valence-corrected chi connectivity index (χ2v) is 6.51. The van der Waals surface area contributed by atoms with Crippen LogP contribution in [0, 0.1) is 0 Å². The molecule has 24 heavy (non-hydrogen) atoms. The van der Waals surface area contributed by atoms with Gasteiger partial charge in [-0.05, 0) is 31.2 Å². The zero-order chi connectivity index (χ0) is 17.4. The van der Waals surface area contributed by atoms with Crippen molar-refractivity contribution in [3.63, 3.8) is 0 Å². The van der Waals surface area contributed by atoms with Crippen molar-refractivity contribution in [2.75, 3.05) is 45.6 Å². The molecule has 1 saturated heterocycles. The Kier molecular flexibility index (Phi) is 7.24. The topological polar surface area (TPSA) is 59.1 Å². The lowest BCUT2D eigenvalue weighted by molar-refractivity contribution is -0.132. The van der Waals surface area contributed by atoms with Crippen molar-refractivity contribution in [3.05, 3.63) is 24.3 Å². The number of nitrogens with zero attached hydrogens (tertiary/aromatic N) is 2. The molecule has 2 amide bonds. The van der Waals surface area contributed by atoms with Gasteiger partial charge in [0.05, 0.1) is 13.7 Å². The predicted molar refractivity (Wildman–Crippen MR) is 93.5 cm³/mol. The standard InChI is InChI=1S/C17H24N2O4S/c1-3-23-17(21)19-11-9-18(10-12-19)16(20)8-13-24-15-6-4-14(22-2)5-7-15/h4-7H,3,8-13H2,1-2H3. The highest BCUT2D eigenvalue weighted by Gasteiger charge is 2.24. The molecule has 0 bridgehead atoms. The first kappa shape index (κ1) is 18.4. The van der Waals surface area contributed by atoms with E-state index in [0.717, 1.165) is 16.4 Å². The first-order chi connectivity index (χ1) is 11.6. The summed E-state index contributed by atoms with van der Waals surface area (Å²) >= 11 is 1.66. The Hall–Kier alpha value is -1.89. The maximum Gasteiger partial charge on any atom is 0.409 e. The van der Waals surface area contributed by atoms with E-state index in [1.165, 1.54) is 0 Å². The van der Waals surface area contributed by atoms with Crippen LogP contribution in [-0.2, 0) is 9.53 Å². The number of carbonyl (C=O) groups excluding carboxylic acids is 2. The van der Waals surface area contributed by atoms with Crippen molar-refractivity contribution in [2.24, 2.45) is 0 Å². The fraction of sp³-hybridized carbons (Fsp3) is 0.529. The summed E-state index contributed by atoms with van der Waals surface area (Å²) in [6, 6.07) is 7.82. The number of amides is 2. The number of benzene rings is 1. The van der Waals surface area contributed by atoms with E-state index in [4.69, 9.17) is 9.47 Å². The van der Waals surface area contributed by atoms with E-state index in [2.05, 4.69) is 0 Å². The Labute approximate surface area is 147 Å². The average Bonchev–Trinajstić information content (AvgIpc) is 2.62. The first-order valence-electron chi connectivity index (χ1n) is 8.10. The minimum absolute atomic E-state index is 0.138. The fourth-order valence-electron chi connectivity index (χ4n) is 2.44. The summed E-state index contributed by atoms with van der Waals surface area (Å²) < 4.78 is 10.1. The molecular formula is C17H24N2O4S. The summed E-state index contributed by atoms with van der Waals surface area (Å²) in [5.41, 5.74) is 0. The van der Waals surface area contributed by atoms with Crippen LogP contribution in [0.2, 0.25) is 0 Å². The number of carbonyl (C=O) groups is 2. The maximum absolute atomic E-state index is 12.2.